The Bertz CT molecular complexity index is 658. The molecule has 2 rings (SSSR count). The fourth-order valence-electron chi connectivity index (χ4n) is 1.81. The quantitative estimate of drug-likeness (QED) is 0.428. The molecule has 0 aliphatic carbocycles. The van der Waals surface area contributed by atoms with Gasteiger partial charge in [0, 0.05) is 16.7 Å². The first-order valence-corrected chi connectivity index (χ1v) is 7.88. The molecule has 0 radical (unpaired) electrons. The third kappa shape index (κ3) is 3.61. The Morgan fingerprint density at radius 2 is 1.95 bits per heavy atom. The highest BCUT2D eigenvalue weighted by molar-refractivity contribution is 9.10. The summed E-state index contributed by atoms with van der Waals surface area (Å²) < 4.78 is 0.517. The Labute approximate surface area is 130 Å². The summed E-state index contributed by atoms with van der Waals surface area (Å²) in [5.74, 6) is 0.721. The van der Waals surface area contributed by atoms with E-state index in [2.05, 4.69) is 48.0 Å². The highest BCUT2D eigenvalue weighted by Crippen LogP contribution is 2.30. The fraction of sp³-hybridized carbons (Fsp3) is 0.200. The van der Waals surface area contributed by atoms with E-state index in [1.807, 2.05) is 6.07 Å². The minimum atomic E-state index is -0.365. The van der Waals surface area contributed by atoms with E-state index < -0.39 is 0 Å². The van der Waals surface area contributed by atoms with Gasteiger partial charge in [-0.1, -0.05) is 23.8 Å². The Hall–Kier alpha value is -1.33. The van der Waals surface area contributed by atoms with Crippen LogP contribution in [0.15, 0.2) is 45.8 Å². The first-order chi connectivity index (χ1) is 9.47. The van der Waals surface area contributed by atoms with E-state index in [1.54, 1.807) is 23.9 Å². The van der Waals surface area contributed by atoms with Crippen LogP contribution in [0, 0.1) is 24.0 Å². The van der Waals surface area contributed by atoms with Gasteiger partial charge in [-0.15, -0.1) is 11.8 Å². The van der Waals surface area contributed by atoms with Crippen LogP contribution in [0.25, 0.3) is 0 Å². The summed E-state index contributed by atoms with van der Waals surface area (Å²) in [6.07, 6.45) is 0. The van der Waals surface area contributed by atoms with Crippen LogP contribution in [0.5, 0.6) is 0 Å². The van der Waals surface area contributed by atoms with Crippen LogP contribution >= 0.6 is 27.7 Å². The van der Waals surface area contributed by atoms with Crippen LogP contribution < -0.4 is 0 Å². The molecule has 0 saturated heterocycles. The number of nitro benzene ring substituents is 1. The maximum Gasteiger partial charge on any atom is 0.283 e. The zero-order valence-corrected chi connectivity index (χ0v) is 13.6. The predicted octanol–water partition coefficient (Wildman–Crippen LogP) is 5.27. The van der Waals surface area contributed by atoms with Gasteiger partial charge < -0.3 is 0 Å². The number of nitro groups is 1. The molecule has 3 nitrogen and oxygen atoms in total. The number of thioether (sulfide) groups is 1. The SMILES string of the molecule is Cc1ccc(C)c(SCc2ccc(Br)c([N+](=O)[O-])c2)c1. The van der Waals surface area contributed by atoms with Crippen LogP contribution in [0.1, 0.15) is 16.7 Å². The lowest BCUT2D eigenvalue weighted by molar-refractivity contribution is -0.385. The van der Waals surface area contributed by atoms with Gasteiger partial charge in [0.05, 0.1) is 9.40 Å². The van der Waals surface area contributed by atoms with Crippen molar-refractivity contribution in [2.75, 3.05) is 0 Å². The normalized spacial score (nSPS) is 10.6. The molecule has 0 atom stereocenters. The Kier molecular flexibility index (Phi) is 4.83. The fourth-order valence-corrected chi connectivity index (χ4v) is 3.27. The molecule has 5 heteroatoms. The first-order valence-electron chi connectivity index (χ1n) is 6.10. The second kappa shape index (κ2) is 6.41. The van der Waals surface area contributed by atoms with Crippen LogP contribution in [-0.4, -0.2) is 4.92 Å². The zero-order chi connectivity index (χ0) is 14.7. The lowest BCUT2D eigenvalue weighted by Gasteiger charge is -2.07. The number of rotatable bonds is 4. The van der Waals surface area contributed by atoms with E-state index in [1.165, 1.54) is 16.0 Å². The standard InChI is InChI=1S/C15H14BrNO2S/c1-10-3-4-11(2)15(7-10)20-9-12-5-6-13(16)14(8-12)17(18)19/h3-8H,9H2,1-2H3. The highest BCUT2D eigenvalue weighted by Gasteiger charge is 2.12. The minimum absolute atomic E-state index is 0.115. The molecule has 0 aromatic heterocycles. The molecule has 2 aromatic carbocycles. The van der Waals surface area contributed by atoms with Gasteiger partial charge in [0.2, 0.25) is 0 Å². The van der Waals surface area contributed by atoms with E-state index >= 15 is 0 Å². The average molecular weight is 352 g/mol. The maximum atomic E-state index is 10.9. The van der Waals surface area contributed by atoms with Gasteiger partial charge in [0.15, 0.2) is 0 Å². The molecule has 0 aliphatic rings. The van der Waals surface area contributed by atoms with Gasteiger partial charge in [-0.3, -0.25) is 10.1 Å². The highest BCUT2D eigenvalue weighted by atomic mass is 79.9. The topological polar surface area (TPSA) is 43.1 Å². The van der Waals surface area contributed by atoms with Gasteiger partial charge in [0.1, 0.15) is 0 Å². The number of hydrogen-bond acceptors (Lipinski definition) is 3. The van der Waals surface area contributed by atoms with Gasteiger partial charge >= 0.3 is 0 Å². The Balaban J connectivity index is 2.17. The first kappa shape index (κ1) is 15.1. The molecule has 0 fully saturated rings. The monoisotopic (exact) mass is 351 g/mol. The lowest BCUT2D eigenvalue weighted by atomic mass is 10.2. The molecule has 2 aromatic rings. The number of benzene rings is 2. The Morgan fingerprint density at radius 3 is 2.65 bits per heavy atom. The van der Waals surface area contributed by atoms with Crippen molar-refractivity contribution in [2.45, 2.75) is 24.5 Å². The van der Waals surface area contributed by atoms with E-state index in [4.69, 9.17) is 0 Å². The van der Waals surface area contributed by atoms with Gasteiger partial charge in [-0.25, -0.2) is 0 Å². The predicted molar refractivity (Wildman–Crippen MR) is 86.3 cm³/mol. The molecular weight excluding hydrogens is 338 g/mol. The Morgan fingerprint density at radius 1 is 1.20 bits per heavy atom. The summed E-state index contributed by atoms with van der Waals surface area (Å²) in [7, 11) is 0. The van der Waals surface area contributed by atoms with Crippen molar-refractivity contribution in [1.82, 2.24) is 0 Å². The molecule has 0 bridgehead atoms. The van der Waals surface area contributed by atoms with E-state index in [0.29, 0.717) is 4.47 Å². The van der Waals surface area contributed by atoms with Crippen molar-refractivity contribution in [3.63, 3.8) is 0 Å². The van der Waals surface area contributed by atoms with Crippen molar-refractivity contribution in [3.8, 4) is 0 Å². The molecule has 20 heavy (non-hydrogen) atoms. The van der Waals surface area contributed by atoms with Crippen LogP contribution in [0.3, 0.4) is 0 Å². The van der Waals surface area contributed by atoms with Crippen molar-refractivity contribution < 1.29 is 4.92 Å². The summed E-state index contributed by atoms with van der Waals surface area (Å²) in [5, 5.41) is 10.9. The molecule has 104 valence electrons. The molecular formula is C15H14BrNO2S. The number of halogens is 1. The summed E-state index contributed by atoms with van der Waals surface area (Å²) >= 11 is 4.90. The number of aryl methyl sites for hydroxylation is 2. The maximum absolute atomic E-state index is 10.9. The second-order valence-electron chi connectivity index (χ2n) is 4.60. The van der Waals surface area contributed by atoms with Gasteiger partial charge in [-0.05, 0) is 53.0 Å². The minimum Gasteiger partial charge on any atom is -0.258 e. The summed E-state index contributed by atoms with van der Waals surface area (Å²) in [4.78, 5) is 11.8. The second-order valence-corrected chi connectivity index (χ2v) is 6.47. The molecule has 0 aliphatic heterocycles. The largest absolute Gasteiger partial charge is 0.283 e. The van der Waals surface area contributed by atoms with E-state index in [9.17, 15) is 10.1 Å². The lowest BCUT2D eigenvalue weighted by Crippen LogP contribution is -1.91. The molecule has 0 spiro atoms. The van der Waals surface area contributed by atoms with E-state index in [-0.39, 0.29) is 10.6 Å². The van der Waals surface area contributed by atoms with Crippen LogP contribution in [-0.2, 0) is 5.75 Å². The summed E-state index contributed by atoms with van der Waals surface area (Å²) in [5.41, 5.74) is 3.52. The molecule has 0 saturated carbocycles. The van der Waals surface area contributed by atoms with Crippen LogP contribution in [0.4, 0.5) is 5.69 Å². The molecule has 0 heterocycles. The third-order valence-electron chi connectivity index (χ3n) is 2.95. The smallest absolute Gasteiger partial charge is 0.258 e. The van der Waals surface area contributed by atoms with E-state index in [0.717, 1.165) is 11.3 Å². The summed E-state index contributed by atoms with van der Waals surface area (Å²) in [6, 6.07) is 11.6. The number of nitrogens with zero attached hydrogens (tertiary/aromatic N) is 1. The van der Waals surface area contributed by atoms with Gasteiger partial charge in [-0.2, -0.15) is 0 Å². The average Bonchev–Trinajstić information content (AvgIpc) is 2.41. The summed E-state index contributed by atoms with van der Waals surface area (Å²) in [6.45, 7) is 4.14. The van der Waals surface area contributed by atoms with Crippen LogP contribution in [0.2, 0.25) is 0 Å². The molecule has 0 amide bonds. The number of hydrogen-bond donors (Lipinski definition) is 0. The van der Waals surface area contributed by atoms with Crippen molar-refractivity contribution in [2.24, 2.45) is 0 Å². The molecule has 0 unspecified atom stereocenters. The van der Waals surface area contributed by atoms with Crippen molar-refractivity contribution >= 4 is 33.4 Å². The zero-order valence-electron chi connectivity index (χ0n) is 11.2. The van der Waals surface area contributed by atoms with Crippen molar-refractivity contribution in [1.29, 1.82) is 0 Å². The third-order valence-corrected chi connectivity index (χ3v) is 4.84. The van der Waals surface area contributed by atoms with Crippen molar-refractivity contribution in [3.05, 3.63) is 67.7 Å². The van der Waals surface area contributed by atoms with Gasteiger partial charge in [0.25, 0.3) is 5.69 Å². The molecule has 0 N–H and O–H groups in total.